The first-order valence-corrected chi connectivity index (χ1v) is 10.7. The van der Waals surface area contributed by atoms with Crippen molar-refractivity contribution < 1.29 is 17.1 Å². The van der Waals surface area contributed by atoms with Gasteiger partial charge < -0.3 is 21.5 Å². The SMILES string of the molecule is CC=[N-].CC=[N-].[Fe+4].c1ccc(CC2CC[C@@H]([C@@H]3CCC(Cc4ccccn4)[N-]3)[N-]2)nc1. The van der Waals surface area contributed by atoms with Crippen LogP contribution in [0.1, 0.15) is 50.9 Å². The molecule has 0 radical (unpaired) electrons. The van der Waals surface area contributed by atoms with Gasteiger partial charge in [-0.3, -0.25) is 9.97 Å². The van der Waals surface area contributed by atoms with E-state index in [9.17, 15) is 0 Å². The minimum absolute atomic E-state index is 0. The fourth-order valence-electron chi connectivity index (χ4n) is 3.98. The average molecular weight is 460 g/mol. The van der Waals surface area contributed by atoms with Gasteiger partial charge in [0.2, 0.25) is 0 Å². The first kappa shape index (κ1) is 27.1. The molecule has 2 fully saturated rings. The van der Waals surface area contributed by atoms with Gasteiger partial charge in [0.25, 0.3) is 0 Å². The summed E-state index contributed by atoms with van der Waals surface area (Å²) in [4.78, 5) is 8.87. The van der Waals surface area contributed by atoms with E-state index in [-0.39, 0.29) is 17.1 Å². The predicted molar refractivity (Wildman–Crippen MR) is 126 cm³/mol. The Bertz CT molecular complexity index is 664. The summed E-state index contributed by atoms with van der Waals surface area (Å²) in [6, 6.07) is 14.0. The minimum Gasteiger partial charge on any atom is -0.814 e. The van der Waals surface area contributed by atoms with Crippen LogP contribution in [-0.4, -0.2) is 46.6 Å². The van der Waals surface area contributed by atoms with Gasteiger partial charge in [0.1, 0.15) is 0 Å². The van der Waals surface area contributed by atoms with Crippen molar-refractivity contribution in [2.24, 2.45) is 0 Å². The van der Waals surface area contributed by atoms with Gasteiger partial charge in [-0.1, -0.05) is 51.7 Å². The second-order valence-electron chi connectivity index (χ2n) is 7.46. The Kier molecular flexibility index (Phi) is 13.8. The Balaban J connectivity index is 0.000000620. The van der Waals surface area contributed by atoms with Crippen LogP contribution in [0.15, 0.2) is 48.8 Å². The fraction of sp³-hybridized carbons (Fsp3) is 0.500. The molecule has 4 rings (SSSR count). The van der Waals surface area contributed by atoms with Crippen molar-refractivity contribution in [1.29, 1.82) is 0 Å². The van der Waals surface area contributed by atoms with Crippen molar-refractivity contribution >= 4 is 12.4 Å². The van der Waals surface area contributed by atoms with Gasteiger partial charge >= 0.3 is 17.1 Å². The topological polar surface area (TPSA) is 98.6 Å². The fourth-order valence-corrected chi connectivity index (χ4v) is 3.98. The molecule has 0 N–H and O–H groups in total. The normalized spacial score (nSPS) is 23.9. The zero-order valence-corrected chi connectivity index (χ0v) is 19.5. The molecule has 0 amide bonds. The van der Waals surface area contributed by atoms with Crippen molar-refractivity contribution in [3.05, 3.63) is 81.6 Å². The average Bonchev–Trinajstić information content (AvgIpc) is 3.40. The van der Waals surface area contributed by atoms with E-state index >= 15 is 0 Å². The smallest absolute Gasteiger partial charge is 0.814 e. The summed E-state index contributed by atoms with van der Waals surface area (Å²) in [6.45, 7) is 3.11. The summed E-state index contributed by atoms with van der Waals surface area (Å²) in [7, 11) is 0. The quantitative estimate of drug-likeness (QED) is 0.443. The number of pyridine rings is 2. The van der Waals surface area contributed by atoms with Crippen LogP contribution in [-0.2, 0) is 29.9 Å². The number of hydrogen-bond acceptors (Lipinski definition) is 2. The Hall–Kier alpha value is -1.92. The largest absolute Gasteiger partial charge is 4.00 e. The molecule has 166 valence electrons. The standard InChI is InChI=1S/C20H24N4.2C2H4N.Fe/c1-3-11-21-15(5-1)13-17-7-9-19(23-17)20-10-8-18(24-20)14-16-6-2-4-12-22-16;2*1-2-3;/h1-6,11-12,17-20H,7-10,13-14H2;2*2H,1H3;/q-2;2*-1;+4/t17?,18?,19-,20-;;;/m0.../s1. The Morgan fingerprint density at radius 2 is 1.16 bits per heavy atom. The predicted octanol–water partition coefficient (Wildman–Crippen LogP) is 5.36. The molecule has 0 aromatic carbocycles. The van der Waals surface area contributed by atoms with Crippen LogP contribution in [0.5, 0.6) is 0 Å². The third-order valence-corrected chi connectivity index (χ3v) is 5.18. The molecule has 7 heteroatoms. The second kappa shape index (κ2) is 15.8. The van der Waals surface area contributed by atoms with Gasteiger partial charge in [0.15, 0.2) is 0 Å². The molecule has 2 aromatic rings. The maximum atomic E-state index is 7.44. The van der Waals surface area contributed by atoms with Crippen molar-refractivity contribution in [3.63, 3.8) is 0 Å². The van der Waals surface area contributed by atoms with Gasteiger partial charge in [-0.15, -0.1) is 12.1 Å². The van der Waals surface area contributed by atoms with E-state index in [1.54, 1.807) is 13.8 Å². The molecule has 2 saturated heterocycles. The Morgan fingerprint density at radius 3 is 1.48 bits per heavy atom. The Morgan fingerprint density at radius 1 is 0.774 bits per heavy atom. The molecule has 6 nitrogen and oxygen atoms in total. The minimum atomic E-state index is 0. The van der Waals surface area contributed by atoms with E-state index in [1.807, 2.05) is 24.5 Å². The molecule has 2 unspecified atom stereocenters. The molecule has 0 saturated carbocycles. The van der Waals surface area contributed by atoms with Crippen LogP contribution in [0.2, 0.25) is 0 Å². The molecule has 2 aliphatic heterocycles. The Labute approximate surface area is 197 Å². The molecular weight excluding hydrogens is 428 g/mol. The summed E-state index contributed by atoms with van der Waals surface area (Å²) in [5, 5.41) is 25.0. The van der Waals surface area contributed by atoms with E-state index in [4.69, 9.17) is 21.5 Å². The number of aromatic nitrogens is 2. The van der Waals surface area contributed by atoms with Crippen LogP contribution in [0.4, 0.5) is 0 Å². The molecule has 2 aromatic heterocycles. The van der Waals surface area contributed by atoms with E-state index in [1.165, 1.54) is 25.7 Å². The molecule has 2 aliphatic rings. The maximum absolute atomic E-state index is 7.44. The van der Waals surface area contributed by atoms with Crippen molar-refractivity contribution in [3.8, 4) is 0 Å². The van der Waals surface area contributed by atoms with Gasteiger partial charge in [-0.2, -0.15) is 12.1 Å². The van der Waals surface area contributed by atoms with E-state index in [0.717, 1.165) is 36.7 Å². The molecule has 0 spiro atoms. The molecule has 31 heavy (non-hydrogen) atoms. The second-order valence-corrected chi connectivity index (χ2v) is 7.46. The van der Waals surface area contributed by atoms with Crippen LogP contribution in [0.3, 0.4) is 0 Å². The molecule has 0 aliphatic carbocycles. The molecular formula is C24H32FeN6. The first-order chi connectivity index (χ1) is 14.7. The molecule has 4 atom stereocenters. The van der Waals surface area contributed by atoms with E-state index in [0.29, 0.717) is 24.2 Å². The third kappa shape index (κ3) is 9.83. The van der Waals surface area contributed by atoms with Crippen molar-refractivity contribution in [2.75, 3.05) is 0 Å². The molecule has 4 heterocycles. The van der Waals surface area contributed by atoms with Crippen LogP contribution >= 0.6 is 0 Å². The van der Waals surface area contributed by atoms with Gasteiger partial charge in [0, 0.05) is 23.8 Å². The van der Waals surface area contributed by atoms with Crippen LogP contribution < -0.4 is 0 Å². The summed E-state index contributed by atoms with van der Waals surface area (Å²) in [5.74, 6) is 0. The molecule has 0 bridgehead atoms. The summed E-state index contributed by atoms with van der Waals surface area (Å²) in [5.41, 5.74) is 2.31. The first-order valence-electron chi connectivity index (χ1n) is 10.7. The summed E-state index contributed by atoms with van der Waals surface area (Å²) in [6.07, 6.45) is 12.4. The third-order valence-electron chi connectivity index (χ3n) is 5.18. The zero-order valence-electron chi connectivity index (χ0n) is 18.4. The summed E-state index contributed by atoms with van der Waals surface area (Å²) < 4.78 is 0. The van der Waals surface area contributed by atoms with Gasteiger partial charge in [-0.25, -0.2) is 12.4 Å². The maximum Gasteiger partial charge on any atom is 4.00 e. The monoisotopic (exact) mass is 460 g/mol. The van der Waals surface area contributed by atoms with E-state index in [2.05, 4.69) is 34.2 Å². The number of rotatable bonds is 5. The van der Waals surface area contributed by atoms with Gasteiger partial charge in [0.05, 0.1) is 0 Å². The number of hydrogen-bond donors (Lipinski definition) is 0. The van der Waals surface area contributed by atoms with Crippen molar-refractivity contribution in [1.82, 2.24) is 9.97 Å². The van der Waals surface area contributed by atoms with Crippen LogP contribution in [0, 0.1) is 0 Å². The number of nitrogens with zero attached hydrogens (tertiary/aromatic N) is 6. The zero-order chi connectivity index (χ0) is 21.6. The van der Waals surface area contributed by atoms with E-state index < -0.39 is 0 Å². The van der Waals surface area contributed by atoms with Crippen molar-refractivity contribution in [2.45, 2.75) is 76.5 Å². The van der Waals surface area contributed by atoms with Crippen LogP contribution in [0.25, 0.3) is 21.5 Å². The summed E-state index contributed by atoms with van der Waals surface area (Å²) >= 11 is 0. The van der Waals surface area contributed by atoms with Gasteiger partial charge in [-0.05, 0) is 37.1 Å².